The molecule has 0 aliphatic carbocycles. The summed E-state index contributed by atoms with van der Waals surface area (Å²) in [6.45, 7) is 49.6. The Morgan fingerprint density at radius 2 is 0.500 bits per heavy atom. The van der Waals surface area contributed by atoms with E-state index in [0.29, 0.717) is 81.2 Å². The van der Waals surface area contributed by atoms with Crippen LogP contribution in [-0.4, -0.2) is 140 Å². The largest absolute Gasteiger partial charge is 0.356 e. The van der Waals surface area contributed by atoms with Gasteiger partial charge in [0.05, 0.1) is 30.2 Å². The van der Waals surface area contributed by atoms with Crippen molar-refractivity contribution in [2.24, 2.45) is 29.6 Å². The molecule has 0 bridgehead atoms. The van der Waals surface area contributed by atoms with Gasteiger partial charge in [0.2, 0.25) is 23.6 Å². The first kappa shape index (κ1) is 90.8. The highest BCUT2D eigenvalue weighted by Gasteiger charge is 2.29. The van der Waals surface area contributed by atoms with Crippen LogP contribution >= 0.6 is 0 Å². The van der Waals surface area contributed by atoms with Crippen molar-refractivity contribution in [2.75, 3.05) is 32.7 Å². The van der Waals surface area contributed by atoms with Crippen molar-refractivity contribution in [3.05, 3.63) is 0 Å². The molecule has 5 atom stereocenters. The Hall–Kier alpha value is -3.35. The van der Waals surface area contributed by atoms with Crippen LogP contribution in [0.3, 0.4) is 0 Å². The number of unbranched alkanes of at least 4 members (excludes halogenated alkanes) is 7. The van der Waals surface area contributed by atoms with E-state index in [2.05, 4.69) is 150 Å². The topological polar surface area (TPSA) is 240 Å². The fourth-order valence-corrected chi connectivity index (χ4v) is 10.3. The smallest absolute Gasteiger partial charge is 0.237 e. The van der Waals surface area contributed by atoms with Crippen molar-refractivity contribution in [3.63, 3.8) is 0 Å². The van der Waals surface area contributed by atoms with Gasteiger partial charge < -0.3 is 53.2 Å². The van der Waals surface area contributed by atoms with Gasteiger partial charge in [-0.2, -0.15) is 0 Å². The van der Waals surface area contributed by atoms with Crippen molar-refractivity contribution in [1.29, 1.82) is 0 Å². The van der Waals surface area contributed by atoms with Gasteiger partial charge in [0.15, 0.2) is 17.3 Å². The van der Waals surface area contributed by atoms with E-state index in [0.717, 1.165) is 122 Å². The van der Waals surface area contributed by atoms with E-state index in [1.165, 1.54) is 12.8 Å². The molecule has 17 heteroatoms. The van der Waals surface area contributed by atoms with Crippen LogP contribution in [0.5, 0.6) is 0 Å². The summed E-state index contributed by atoms with van der Waals surface area (Å²) in [7, 11) is 0. The highest BCUT2D eigenvalue weighted by molar-refractivity contribution is 5.92. The minimum absolute atomic E-state index is 0.0418. The maximum absolute atomic E-state index is 13.2. The van der Waals surface area contributed by atoms with Gasteiger partial charge in [-0.15, -0.1) is 0 Å². The molecule has 0 radical (unpaired) electrons. The molecule has 0 aromatic rings. The molecule has 0 saturated carbocycles. The number of hydrogen-bond acceptors (Lipinski definition) is 13. The molecule has 10 N–H and O–H groups in total. The van der Waals surface area contributed by atoms with Crippen molar-refractivity contribution in [2.45, 2.75) is 366 Å². The molecule has 0 heterocycles. The number of ketones is 3. The minimum Gasteiger partial charge on any atom is -0.356 e. The van der Waals surface area contributed by atoms with Crippen LogP contribution in [0.15, 0.2) is 0 Å². The van der Waals surface area contributed by atoms with Crippen molar-refractivity contribution in [3.8, 4) is 0 Å². The number of rotatable bonds is 54. The second-order valence-electron chi connectivity index (χ2n) is 29.2. The zero-order chi connectivity index (χ0) is 69.1. The van der Waals surface area contributed by atoms with Crippen molar-refractivity contribution < 1.29 is 33.6 Å². The summed E-state index contributed by atoms with van der Waals surface area (Å²) in [6, 6.07) is 0.592. The summed E-state index contributed by atoms with van der Waals surface area (Å²) in [5, 5.41) is 32.5. The van der Waals surface area contributed by atoms with Crippen LogP contribution in [0.25, 0.3) is 0 Å². The van der Waals surface area contributed by atoms with E-state index in [-0.39, 0.29) is 88.9 Å². The molecule has 17 nitrogen and oxygen atoms in total. The van der Waals surface area contributed by atoms with E-state index in [4.69, 9.17) is 0 Å². The Kier molecular flexibility index (Phi) is 57.7. The van der Waals surface area contributed by atoms with Crippen LogP contribution in [-0.2, 0) is 33.6 Å². The third kappa shape index (κ3) is 56.2. The highest BCUT2D eigenvalue weighted by Crippen LogP contribution is 2.15. The molecular formula is C73H148N10O7. The van der Waals surface area contributed by atoms with E-state index in [1.54, 1.807) is 0 Å². The molecule has 0 aromatic heterocycles. The van der Waals surface area contributed by atoms with Gasteiger partial charge >= 0.3 is 0 Å². The number of amides is 4. The van der Waals surface area contributed by atoms with Gasteiger partial charge in [-0.25, -0.2) is 0 Å². The molecule has 0 aromatic carbocycles. The second kappa shape index (κ2) is 57.1. The first-order chi connectivity index (χ1) is 42.2. The molecule has 0 rings (SSSR count). The lowest BCUT2D eigenvalue weighted by Crippen LogP contribution is -2.52. The summed E-state index contributed by atoms with van der Waals surface area (Å²) < 4.78 is 0. The fraction of sp³-hybridized carbons (Fsp3) is 0.904. The summed E-state index contributed by atoms with van der Waals surface area (Å²) in [4.78, 5) is 87.6. The number of hydrogen-bond donors (Lipinski definition) is 10. The predicted octanol–water partition coefficient (Wildman–Crippen LogP) is 12.2. The monoisotopic (exact) mass is 1280 g/mol. The molecule has 0 spiro atoms. The maximum atomic E-state index is 13.2. The van der Waals surface area contributed by atoms with Crippen LogP contribution in [0.2, 0.25) is 0 Å². The van der Waals surface area contributed by atoms with E-state index >= 15 is 0 Å². The van der Waals surface area contributed by atoms with Gasteiger partial charge in [0, 0.05) is 79.9 Å². The maximum Gasteiger partial charge on any atom is 0.237 e. The first-order valence-corrected chi connectivity index (χ1v) is 36.4. The van der Waals surface area contributed by atoms with E-state index < -0.39 is 12.1 Å². The summed E-state index contributed by atoms with van der Waals surface area (Å²) >= 11 is 0. The average Bonchev–Trinajstić information content (AvgIpc) is 3.26. The Morgan fingerprint density at radius 3 is 0.767 bits per heavy atom. The highest BCUT2D eigenvalue weighted by atomic mass is 16.2. The zero-order valence-corrected chi connectivity index (χ0v) is 62.4. The van der Waals surface area contributed by atoms with E-state index in [9.17, 15) is 33.6 Å². The lowest BCUT2D eigenvalue weighted by atomic mass is 9.96. The molecule has 0 aliphatic rings. The number of carbonyl (C=O) groups excluding carboxylic acids is 7. The lowest BCUT2D eigenvalue weighted by molar-refractivity contribution is -0.130. The van der Waals surface area contributed by atoms with Gasteiger partial charge in [-0.1, -0.05) is 184 Å². The van der Waals surface area contributed by atoms with Gasteiger partial charge in [-0.3, -0.25) is 33.6 Å². The Balaban J connectivity index is -0.00000129. The van der Waals surface area contributed by atoms with Crippen molar-refractivity contribution in [1.82, 2.24) is 53.2 Å². The Morgan fingerprint density at radius 1 is 0.256 bits per heavy atom. The third-order valence-corrected chi connectivity index (χ3v) is 15.4. The molecule has 0 fully saturated rings. The second-order valence-corrected chi connectivity index (χ2v) is 29.2. The molecule has 0 saturated heterocycles. The van der Waals surface area contributed by atoms with Crippen LogP contribution in [0, 0.1) is 29.6 Å². The summed E-state index contributed by atoms with van der Waals surface area (Å²) in [5.74, 6) is 1.92. The predicted molar refractivity (Wildman–Crippen MR) is 381 cm³/mol. The SMILES string of the molecule is CC(C)CCCCC(=O)NCCCCC(NC(C)C)C(=O)C(C)C.CC(C)CCCCC(=O)NCCCCC(NC(C)C)C(=O)NC(CCCCNC(C)C)C(=O)C(C)C.CC(C)NCCCCC(NC(C)C)C(=O)NC(CCCCNC(C)C)C(=O)C(C)C. The molecule has 0 aliphatic heterocycles. The molecule has 4 amide bonds. The minimum atomic E-state index is -0.442. The van der Waals surface area contributed by atoms with Gasteiger partial charge in [0.1, 0.15) is 0 Å². The Bertz CT molecular complexity index is 1820. The number of nitrogens with one attached hydrogen (secondary N) is 10. The van der Waals surface area contributed by atoms with Crippen LogP contribution in [0.4, 0.5) is 0 Å². The third-order valence-electron chi connectivity index (χ3n) is 15.4. The molecular weight excluding hydrogens is 1130 g/mol. The summed E-state index contributed by atoms with van der Waals surface area (Å²) in [5.41, 5.74) is 0. The first-order valence-electron chi connectivity index (χ1n) is 36.4. The molecule has 532 valence electrons. The number of Topliss-reactive ketones (excluding diaryl/α,β-unsaturated/α-hetero) is 3. The summed E-state index contributed by atoms with van der Waals surface area (Å²) in [6.07, 6.45) is 20.8. The normalized spacial score (nSPS) is 13.5. The number of carbonyl (C=O) groups is 7. The van der Waals surface area contributed by atoms with Crippen LogP contribution < -0.4 is 53.2 Å². The fourth-order valence-electron chi connectivity index (χ4n) is 10.3. The average molecular weight is 1280 g/mol. The Labute approximate surface area is 554 Å². The standard InChI is InChI=1S/C29H58N4O3.C24H50N4O2.C20H40N2O2/c1-21(2)15-9-10-18-27(34)31-20-14-12-17-26(32-24(7)8)29(36)33-25(28(35)22(3)4)16-11-13-19-30-23(5)6;1-17(2)23(29)21(13-9-11-15-25-18(3)4)28-24(30)22(27-20(7)8)14-10-12-16-26-19(5)6;1-15(2)11-7-8-13-19(23)21-14-10-9-12-18(22-17(5)6)20(24)16(3)4/h21-26,30,32H,9-20H2,1-8H3,(H,31,34)(H,33,36);17-22,25-27H,9-16H2,1-8H3,(H,28,30);15-18,22H,7-14H2,1-6H3,(H,21,23). The lowest BCUT2D eigenvalue weighted by Gasteiger charge is -2.25. The zero-order valence-electron chi connectivity index (χ0n) is 62.4. The van der Waals surface area contributed by atoms with E-state index in [1.807, 2.05) is 55.4 Å². The van der Waals surface area contributed by atoms with Gasteiger partial charge in [0.25, 0.3) is 0 Å². The quantitative estimate of drug-likeness (QED) is 0.0255. The molecule has 5 unspecified atom stereocenters. The van der Waals surface area contributed by atoms with Crippen molar-refractivity contribution >= 4 is 41.0 Å². The van der Waals surface area contributed by atoms with Crippen LogP contribution in [0.1, 0.15) is 300 Å². The van der Waals surface area contributed by atoms with Gasteiger partial charge in [-0.05, 0) is 134 Å². The molecule has 90 heavy (non-hydrogen) atoms.